The third-order valence-corrected chi connectivity index (χ3v) is 3.52. The van der Waals surface area contributed by atoms with E-state index in [1.807, 2.05) is 56.7 Å². The zero-order valence-corrected chi connectivity index (χ0v) is 14.9. The number of benzene rings is 1. The molecule has 0 fully saturated rings. The van der Waals surface area contributed by atoms with Gasteiger partial charge in [-0.1, -0.05) is 32.9 Å². The molecule has 5 nitrogen and oxygen atoms in total. The number of nitrogens with one attached hydrogen (secondary N) is 1. The number of fused-ring (bicyclic) bond motifs is 1. The molecular formula is C15H24Cl2N4O. The second-order valence-electron chi connectivity index (χ2n) is 6.14. The maximum atomic E-state index is 12.0. The summed E-state index contributed by atoms with van der Waals surface area (Å²) in [7, 11) is 1.94. The fourth-order valence-corrected chi connectivity index (χ4v) is 2.02. The van der Waals surface area contributed by atoms with Crippen LogP contribution in [-0.2, 0) is 18.4 Å². The summed E-state index contributed by atoms with van der Waals surface area (Å²) in [5.74, 6) is 0.671. The van der Waals surface area contributed by atoms with E-state index in [4.69, 9.17) is 5.73 Å². The van der Waals surface area contributed by atoms with Crippen molar-refractivity contribution in [3.8, 4) is 0 Å². The molecule has 1 atom stereocenters. The molecule has 0 aliphatic heterocycles. The average molecular weight is 347 g/mol. The molecule has 22 heavy (non-hydrogen) atoms. The van der Waals surface area contributed by atoms with Gasteiger partial charge in [-0.25, -0.2) is 4.98 Å². The molecule has 0 bridgehead atoms. The van der Waals surface area contributed by atoms with Gasteiger partial charge in [0.2, 0.25) is 5.91 Å². The highest BCUT2D eigenvalue weighted by molar-refractivity contribution is 5.85. The quantitative estimate of drug-likeness (QED) is 0.896. The van der Waals surface area contributed by atoms with Gasteiger partial charge >= 0.3 is 0 Å². The number of hydrogen-bond donors (Lipinski definition) is 2. The molecule has 7 heteroatoms. The van der Waals surface area contributed by atoms with E-state index < -0.39 is 6.04 Å². The third kappa shape index (κ3) is 4.35. The molecule has 1 aromatic heterocycles. The summed E-state index contributed by atoms with van der Waals surface area (Å²) >= 11 is 0. The van der Waals surface area contributed by atoms with Crippen molar-refractivity contribution in [2.24, 2.45) is 18.2 Å². The predicted molar refractivity (Wildman–Crippen MR) is 94.5 cm³/mol. The topological polar surface area (TPSA) is 72.9 Å². The van der Waals surface area contributed by atoms with Crippen molar-refractivity contribution in [1.82, 2.24) is 14.9 Å². The maximum absolute atomic E-state index is 12.0. The lowest BCUT2D eigenvalue weighted by atomic mass is 9.87. The Kier molecular flexibility index (Phi) is 7.35. The Hall–Kier alpha value is -1.30. The molecular weight excluding hydrogens is 323 g/mol. The summed E-state index contributed by atoms with van der Waals surface area (Å²) in [6.07, 6.45) is 0. The second kappa shape index (κ2) is 7.81. The Balaban J connectivity index is 0.00000220. The molecule has 0 saturated heterocycles. The first-order chi connectivity index (χ1) is 9.30. The highest BCUT2D eigenvalue weighted by Gasteiger charge is 2.27. The molecule has 2 rings (SSSR count). The van der Waals surface area contributed by atoms with Crippen LogP contribution in [0.2, 0.25) is 0 Å². The summed E-state index contributed by atoms with van der Waals surface area (Å²) in [6.45, 7) is 6.23. The van der Waals surface area contributed by atoms with Gasteiger partial charge in [0, 0.05) is 7.05 Å². The minimum atomic E-state index is -0.530. The number of nitrogens with two attached hydrogens (primary N) is 1. The molecule has 0 saturated carbocycles. The van der Waals surface area contributed by atoms with Crippen molar-refractivity contribution in [2.45, 2.75) is 33.4 Å². The van der Waals surface area contributed by atoms with E-state index in [9.17, 15) is 4.79 Å². The van der Waals surface area contributed by atoms with Crippen molar-refractivity contribution in [3.05, 3.63) is 30.1 Å². The smallest absolute Gasteiger partial charge is 0.237 e. The molecule has 0 spiro atoms. The van der Waals surface area contributed by atoms with Crippen LogP contribution in [0, 0.1) is 5.41 Å². The Labute approximate surface area is 143 Å². The van der Waals surface area contributed by atoms with E-state index >= 15 is 0 Å². The van der Waals surface area contributed by atoms with Crippen LogP contribution in [-0.4, -0.2) is 21.5 Å². The van der Waals surface area contributed by atoms with Crippen molar-refractivity contribution in [3.63, 3.8) is 0 Å². The lowest BCUT2D eigenvalue weighted by Gasteiger charge is -2.25. The van der Waals surface area contributed by atoms with Gasteiger partial charge in [0.05, 0.1) is 23.6 Å². The maximum Gasteiger partial charge on any atom is 0.237 e. The lowest BCUT2D eigenvalue weighted by Crippen LogP contribution is -2.48. The van der Waals surface area contributed by atoms with Crippen LogP contribution in [0.5, 0.6) is 0 Å². The summed E-state index contributed by atoms with van der Waals surface area (Å²) in [5.41, 5.74) is 7.66. The van der Waals surface area contributed by atoms with Crippen LogP contribution in [0.25, 0.3) is 11.0 Å². The van der Waals surface area contributed by atoms with Crippen molar-refractivity contribution in [2.75, 3.05) is 0 Å². The largest absolute Gasteiger partial charge is 0.348 e. The van der Waals surface area contributed by atoms with Crippen molar-refractivity contribution in [1.29, 1.82) is 0 Å². The van der Waals surface area contributed by atoms with Crippen LogP contribution < -0.4 is 11.1 Å². The van der Waals surface area contributed by atoms with Gasteiger partial charge in [0.1, 0.15) is 5.82 Å². The first-order valence-electron chi connectivity index (χ1n) is 6.74. The highest BCUT2D eigenvalue weighted by atomic mass is 35.5. The number of nitrogens with zero attached hydrogens (tertiary/aromatic N) is 2. The Bertz CT molecular complexity index is 634. The van der Waals surface area contributed by atoms with Gasteiger partial charge in [0.15, 0.2) is 0 Å². The number of rotatable bonds is 3. The summed E-state index contributed by atoms with van der Waals surface area (Å²) in [4.78, 5) is 16.5. The molecule has 0 unspecified atom stereocenters. The zero-order valence-electron chi connectivity index (χ0n) is 13.3. The van der Waals surface area contributed by atoms with Crippen LogP contribution in [0.3, 0.4) is 0 Å². The van der Waals surface area contributed by atoms with Gasteiger partial charge in [0.25, 0.3) is 0 Å². The van der Waals surface area contributed by atoms with E-state index in [-0.39, 0.29) is 36.1 Å². The number of carbonyl (C=O) groups is 1. The highest BCUT2D eigenvalue weighted by Crippen LogP contribution is 2.18. The molecule has 1 aromatic carbocycles. The van der Waals surface area contributed by atoms with E-state index in [0.717, 1.165) is 16.9 Å². The first kappa shape index (κ1) is 20.7. The predicted octanol–water partition coefficient (Wildman–Crippen LogP) is 2.41. The fraction of sp³-hybridized carbons (Fsp3) is 0.467. The minimum absolute atomic E-state index is 0. The molecule has 3 N–H and O–H groups in total. The van der Waals surface area contributed by atoms with Gasteiger partial charge in [-0.15, -0.1) is 24.8 Å². The monoisotopic (exact) mass is 346 g/mol. The summed E-state index contributed by atoms with van der Waals surface area (Å²) in [6, 6.07) is 7.36. The molecule has 0 aliphatic carbocycles. The Morgan fingerprint density at radius 1 is 1.32 bits per heavy atom. The van der Waals surface area contributed by atoms with Gasteiger partial charge in [-0.2, -0.15) is 0 Å². The first-order valence-corrected chi connectivity index (χ1v) is 6.74. The minimum Gasteiger partial charge on any atom is -0.348 e. The van der Waals surface area contributed by atoms with Gasteiger partial charge < -0.3 is 15.6 Å². The number of halogens is 2. The number of imidazole rings is 1. The van der Waals surface area contributed by atoms with Crippen molar-refractivity contribution >= 4 is 41.8 Å². The standard InChI is InChI=1S/C15H22N4O.2ClH/c1-15(2,3)13(16)14(20)17-9-12-18-10-7-5-6-8-11(10)19(12)4;;/h5-8,13H,9,16H2,1-4H3,(H,17,20);2*1H/t13-;;/m1../s1. The number of aryl methyl sites for hydroxylation is 1. The third-order valence-electron chi connectivity index (χ3n) is 3.52. The number of amides is 1. The molecule has 1 heterocycles. The summed E-state index contributed by atoms with van der Waals surface area (Å²) < 4.78 is 1.98. The molecule has 1 amide bonds. The van der Waals surface area contributed by atoms with Crippen LogP contribution >= 0.6 is 24.8 Å². The Morgan fingerprint density at radius 3 is 2.45 bits per heavy atom. The Morgan fingerprint density at radius 2 is 1.91 bits per heavy atom. The number of aromatic nitrogens is 2. The second-order valence-corrected chi connectivity index (χ2v) is 6.14. The van der Waals surface area contributed by atoms with Crippen molar-refractivity contribution < 1.29 is 4.79 Å². The molecule has 2 aromatic rings. The zero-order chi connectivity index (χ0) is 14.9. The van der Waals surface area contributed by atoms with E-state index in [1.165, 1.54) is 0 Å². The normalized spacial score (nSPS) is 12.2. The van der Waals surface area contributed by atoms with E-state index in [1.54, 1.807) is 0 Å². The number of carbonyl (C=O) groups excluding carboxylic acids is 1. The van der Waals surface area contributed by atoms with E-state index in [2.05, 4.69) is 10.3 Å². The average Bonchev–Trinajstić information content (AvgIpc) is 2.71. The summed E-state index contributed by atoms with van der Waals surface area (Å²) in [5, 5.41) is 2.86. The van der Waals surface area contributed by atoms with Crippen LogP contribution in [0.1, 0.15) is 26.6 Å². The molecule has 124 valence electrons. The fourth-order valence-electron chi connectivity index (χ4n) is 2.02. The SMILES string of the molecule is Cl.Cl.Cn1c(CNC(=O)[C@@H](N)C(C)(C)C)nc2ccccc21. The van der Waals surface area contributed by atoms with Crippen LogP contribution in [0.15, 0.2) is 24.3 Å². The number of para-hydroxylation sites is 2. The van der Waals surface area contributed by atoms with E-state index in [0.29, 0.717) is 6.54 Å². The van der Waals surface area contributed by atoms with Gasteiger partial charge in [-0.3, -0.25) is 4.79 Å². The molecule has 0 aliphatic rings. The molecule has 0 radical (unpaired) electrons. The lowest BCUT2D eigenvalue weighted by molar-refractivity contribution is -0.124. The number of hydrogen-bond acceptors (Lipinski definition) is 3. The van der Waals surface area contributed by atoms with Gasteiger partial charge in [-0.05, 0) is 17.5 Å². The van der Waals surface area contributed by atoms with Crippen LogP contribution in [0.4, 0.5) is 0 Å².